The fourth-order valence-electron chi connectivity index (χ4n) is 1.73. The number of nitrogens with zero attached hydrogens (tertiary/aromatic N) is 1. The Hall–Kier alpha value is -0.933. The van der Waals surface area contributed by atoms with E-state index in [-0.39, 0.29) is 9.52 Å². The highest BCUT2D eigenvalue weighted by atomic mass is 79.9. The zero-order valence-corrected chi connectivity index (χ0v) is 12.5. The van der Waals surface area contributed by atoms with Crippen LogP contribution in [0.2, 0.25) is 0 Å². The van der Waals surface area contributed by atoms with E-state index in [1.165, 1.54) is 21.5 Å². The van der Waals surface area contributed by atoms with E-state index in [0.29, 0.717) is 0 Å². The summed E-state index contributed by atoms with van der Waals surface area (Å²) in [6.07, 6.45) is 1.98. The van der Waals surface area contributed by atoms with Gasteiger partial charge >= 0.3 is 0 Å². The van der Waals surface area contributed by atoms with Gasteiger partial charge in [-0.2, -0.15) is 0 Å². The number of halogens is 1. The standard InChI is InChI=1S/C13H14BrNSi/c1-9-4-3-5-12(10(9)2)16-11-6-7-13(14)15-8-11/h3-8H,16H2,1-2H3. The van der Waals surface area contributed by atoms with Crippen molar-refractivity contribution < 1.29 is 0 Å². The van der Waals surface area contributed by atoms with E-state index in [0.717, 1.165) is 4.60 Å². The van der Waals surface area contributed by atoms with Gasteiger partial charge in [0.25, 0.3) is 0 Å². The summed E-state index contributed by atoms with van der Waals surface area (Å²) in [6.45, 7) is 4.39. The molecule has 0 aliphatic carbocycles. The second-order valence-corrected chi connectivity index (χ2v) is 6.77. The number of hydrogen-bond donors (Lipinski definition) is 0. The third kappa shape index (κ3) is 2.60. The van der Waals surface area contributed by atoms with E-state index in [1.807, 2.05) is 12.3 Å². The normalized spacial score (nSPS) is 11.2. The highest BCUT2D eigenvalue weighted by Gasteiger charge is 2.03. The molecule has 3 heteroatoms. The molecule has 0 atom stereocenters. The minimum atomic E-state index is -0.384. The van der Waals surface area contributed by atoms with E-state index in [2.05, 4.69) is 59.0 Å². The molecule has 0 unspecified atom stereocenters. The van der Waals surface area contributed by atoms with Crippen LogP contribution in [0.5, 0.6) is 0 Å². The van der Waals surface area contributed by atoms with Crippen LogP contribution in [-0.2, 0) is 0 Å². The first kappa shape index (κ1) is 11.5. The molecule has 0 aliphatic rings. The van der Waals surface area contributed by atoms with Gasteiger partial charge < -0.3 is 0 Å². The Morgan fingerprint density at radius 1 is 1.12 bits per heavy atom. The Morgan fingerprint density at radius 3 is 2.62 bits per heavy atom. The number of aromatic nitrogens is 1. The number of aryl methyl sites for hydroxylation is 1. The second kappa shape index (κ2) is 4.93. The molecule has 16 heavy (non-hydrogen) atoms. The third-order valence-electron chi connectivity index (χ3n) is 2.90. The van der Waals surface area contributed by atoms with E-state index in [9.17, 15) is 0 Å². The van der Waals surface area contributed by atoms with Crippen molar-refractivity contribution >= 4 is 35.8 Å². The second-order valence-electron chi connectivity index (χ2n) is 4.02. The van der Waals surface area contributed by atoms with Gasteiger partial charge in [-0.05, 0) is 52.2 Å². The van der Waals surface area contributed by atoms with E-state index < -0.39 is 0 Å². The Labute approximate surface area is 107 Å². The molecular formula is C13H14BrNSi. The summed E-state index contributed by atoms with van der Waals surface area (Å²) >= 11 is 3.36. The van der Waals surface area contributed by atoms with Crippen molar-refractivity contribution in [1.82, 2.24) is 4.98 Å². The lowest BCUT2D eigenvalue weighted by atomic mass is 10.1. The minimum absolute atomic E-state index is 0.384. The highest BCUT2D eigenvalue weighted by Crippen LogP contribution is 2.03. The molecule has 1 aromatic heterocycles. The van der Waals surface area contributed by atoms with Crippen LogP contribution in [0.4, 0.5) is 0 Å². The first-order valence-corrected chi connectivity index (χ1v) is 7.53. The Kier molecular flexibility index (Phi) is 3.56. The minimum Gasteiger partial charge on any atom is -0.250 e. The van der Waals surface area contributed by atoms with E-state index >= 15 is 0 Å². The quantitative estimate of drug-likeness (QED) is 0.605. The molecule has 0 bridgehead atoms. The molecule has 2 rings (SSSR count). The van der Waals surface area contributed by atoms with Crippen molar-refractivity contribution in [3.05, 3.63) is 52.3 Å². The van der Waals surface area contributed by atoms with E-state index in [1.54, 1.807) is 0 Å². The Morgan fingerprint density at radius 2 is 1.94 bits per heavy atom. The summed E-state index contributed by atoms with van der Waals surface area (Å²) in [6, 6.07) is 10.8. The van der Waals surface area contributed by atoms with Gasteiger partial charge in [0.1, 0.15) is 4.60 Å². The van der Waals surface area contributed by atoms with Crippen LogP contribution < -0.4 is 10.4 Å². The van der Waals surface area contributed by atoms with Crippen LogP contribution in [-0.4, -0.2) is 14.5 Å². The summed E-state index contributed by atoms with van der Waals surface area (Å²) in [7, 11) is -0.384. The summed E-state index contributed by atoms with van der Waals surface area (Å²) < 4.78 is 0.909. The summed E-state index contributed by atoms with van der Waals surface area (Å²) in [5.74, 6) is 0. The predicted molar refractivity (Wildman–Crippen MR) is 75.7 cm³/mol. The Balaban J connectivity index is 2.27. The van der Waals surface area contributed by atoms with Crippen molar-refractivity contribution in [2.45, 2.75) is 13.8 Å². The first-order valence-electron chi connectivity index (χ1n) is 5.32. The van der Waals surface area contributed by atoms with Gasteiger partial charge in [0.15, 0.2) is 0 Å². The molecular weight excluding hydrogens is 278 g/mol. The van der Waals surface area contributed by atoms with Gasteiger partial charge in [0.2, 0.25) is 0 Å². The molecule has 0 amide bonds. The maximum Gasteiger partial charge on any atom is 0.106 e. The average Bonchev–Trinajstić information content (AvgIpc) is 2.28. The van der Waals surface area contributed by atoms with Crippen molar-refractivity contribution in [2.24, 2.45) is 0 Å². The fraction of sp³-hybridized carbons (Fsp3) is 0.154. The number of hydrogen-bond acceptors (Lipinski definition) is 1. The zero-order chi connectivity index (χ0) is 11.5. The monoisotopic (exact) mass is 291 g/mol. The summed E-state index contributed by atoms with van der Waals surface area (Å²) in [4.78, 5) is 4.28. The predicted octanol–water partition coefficient (Wildman–Crippen LogP) is 1.58. The van der Waals surface area contributed by atoms with Crippen LogP contribution >= 0.6 is 15.9 Å². The number of benzene rings is 1. The van der Waals surface area contributed by atoms with Crippen LogP contribution in [0.3, 0.4) is 0 Å². The van der Waals surface area contributed by atoms with Crippen molar-refractivity contribution in [3.63, 3.8) is 0 Å². The highest BCUT2D eigenvalue weighted by molar-refractivity contribution is 9.10. The number of rotatable bonds is 2. The maximum atomic E-state index is 4.28. The molecule has 0 radical (unpaired) electrons. The van der Waals surface area contributed by atoms with Gasteiger partial charge in [0, 0.05) is 6.20 Å². The van der Waals surface area contributed by atoms with Gasteiger partial charge in [-0.15, -0.1) is 0 Å². The largest absolute Gasteiger partial charge is 0.250 e. The summed E-state index contributed by atoms with van der Waals surface area (Å²) in [5, 5.41) is 2.90. The van der Waals surface area contributed by atoms with Crippen molar-refractivity contribution in [3.8, 4) is 0 Å². The van der Waals surface area contributed by atoms with Crippen LogP contribution in [0.1, 0.15) is 11.1 Å². The van der Waals surface area contributed by atoms with Gasteiger partial charge in [-0.1, -0.05) is 29.5 Å². The molecule has 1 heterocycles. The lowest BCUT2D eigenvalue weighted by molar-refractivity contribution is 1.29. The van der Waals surface area contributed by atoms with Crippen LogP contribution in [0.15, 0.2) is 41.1 Å². The van der Waals surface area contributed by atoms with Gasteiger partial charge in [0.05, 0.1) is 9.52 Å². The van der Waals surface area contributed by atoms with Crippen LogP contribution in [0, 0.1) is 13.8 Å². The fourth-order valence-corrected chi connectivity index (χ4v) is 3.62. The SMILES string of the molecule is Cc1cccc([SiH2]c2ccc(Br)nc2)c1C. The number of pyridine rings is 1. The van der Waals surface area contributed by atoms with E-state index in [4.69, 9.17) is 0 Å². The molecule has 0 saturated heterocycles. The van der Waals surface area contributed by atoms with Gasteiger partial charge in [-0.3, -0.25) is 0 Å². The molecule has 0 spiro atoms. The van der Waals surface area contributed by atoms with Crippen LogP contribution in [0.25, 0.3) is 0 Å². The maximum absolute atomic E-state index is 4.28. The van der Waals surface area contributed by atoms with Crippen molar-refractivity contribution in [1.29, 1.82) is 0 Å². The zero-order valence-electron chi connectivity index (χ0n) is 9.50. The molecule has 0 saturated carbocycles. The molecule has 0 aliphatic heterocycles. The first-order chi connectivity index (χ1) is 7.66. The molecule has 82 valence electrons. The summed E-state index contributed by atoms with van der Waals surface area (Å²) in [5.41, 5.74) is 2.83. The lowest BCUT2D eigenvalue weighted by Crippen LogP contribution is -2.29. The molecule has 1 aromatic carbocycles. The Bertz CT molecular complexity index is 494. The average molecular weight is 292 g/mol. The topological polar surface area (TPSA) is 12.9 Å². The molecule has 1 nitrogen and oxygen atoms in total. The molecule has 2 aromatic rings. The van der Waals surface area contributed by atoms with Gasteiger partial charge in [-0.25, -0.2) is 4.98 Å². The molecule has 0 N–H and O–H groups in total. The molecule has 0 fully saturated rings. The smallest absolute Gasteiger partial charge is 0.106 e. The lowest BCUT2D eigenvalue weighted by Gasteiger charge is -2.07. The third-order valence-corrected chi connectivity index (χ3v) is 5.34. The van der Waals surface area contributed by atoms with Crippen molar-refractivity contribution in [2.75, 3.05) is 0 Å².